The van der Waals surface area contributed by atoms with E-state index >= 15 is 0 Å². The molecule has 0 aliphatic carbocycles. The normalized spacial score (nSPS) is 16.1. The molecule has 1 atom stereocenters. The summed E-state index contributed by atoms with van der Waals surface area (Å²) in [5.74, 6) is 0.688. The van der Waals surface area contributed by atoms with E-state index in [9.17, 15) is 4.79 Å². The first-order valence-corrected chi connectivity index (χ1v) is 11.3. The molecule has 1 aromatic heterocycles. The summed E-state index contributed by atoms with van der Waals surface area (Å²) in [4.78, 5) is 12.1. The maximum atomic E-state index is 12.1. The van der Waals surface area contributed by atoms with Crippen molar-refractivity contribution in [3.05, 3.63) is 83.2 Å². The van der Waals surface area contributed by atoms with Crippen LogP contribution >= 0.6 is 11.8 Å². The van der Waals surface area contributed by atoms with Crippen molar-refractivity contribution in [2.75, 3.05) is 6.61 Å². The summed E-state index contributed by atoms with van der Waals surface area (Å²) in [5.41, 5.74) is 4.60. The van der Waals surface area contributed by atoms with Gasteiger partial charge in [0.1, 0.15) is 11.1 Å². The van der Waals surface area contributed by atoms with Crippen LogP contribution in [-0.2, 0) is 16.0 Å². The van der Waals surface area contributed by atoms with Crippen LogP contribution in [0.2, 0.25) is 0 Å². The van der Waals surface area contributed by atoms with Gasteiger partial charge in [0.25, 0.3) is 0 Å². The zero-order chi connectivity index (χ0) is 21.4. The second-order valence-corrected chi connectivity index (χ2v) is 9.07. The lowest BCUT2D eigenvalue weighted by molar-refractivity contribution is -0.137. The topological polar surface area (TPSA) is 57.0 Å². The number of hydrogen-bond donors (Lipinski definition) is 0. The summed E-state index contributed by atoms with van der Waals surface area (Å²) in [6.45, 7) is 4.66. The number of esters is 1. The molecule has 1 saturated heterocycles. The number of nitrogens with zero attached hydrogens (tertiary/aromatic N) is 3. The number of thioether (sulfide) groups is 1. The van der Waals surface area contributed by atoms with E-state index < -0.39 is 0 Å². The third kappa shape index (κ3) is 3.83. The molecule has 31 heavy (non-hydrogen) atoms. The van der Waals surface area contributed by atoms with Gasteiger partial charge in [0.05, 0.1) is 12.3 Å². The van der Waals surface area contributed by atoms with Crippen LogP contribution in [0.4, 0.5) is 0 Å². The number of aryl methyl sites for hydroxylation is 2. The van der Waals surface area contributed by atoms with Crippen LogP contribution in [-0.4, -0.2) is 32.6 Å². The number of cyclic esters (lactones) is 1. The Kier molecular flexibility index (Phi) is 5.24. The van der Waals surface area contributed by atoms with E-state index in [2.05, 4.69) is 89.3 Å². The Bertz CT molecular complexity index is 1280. The smallest absolute Gasteiger partial charge is 0.319 e. The first kappa shape index (κ1) is 19.8. The molecular weight excluding hydrogens is 406 g/mol. The van der Waals surface area contributed by atoms with Crippen LogP contribution < -0.4 is 0 Å². The Morgan fingerprint density at radius 2 is 1.90 bits per heavy atom. The lowest BCUT2D eigenvalue weighted by Crippen LogP contribution is -2.12. The monoisotopic (exact) mass is 429 g/mol. The molecule has 0 spiro atoms. The van der Waals surface area contributed by atoms with Gasteiger partial charge in [-0.05, 0) is 41.8 Å². The highest BCUT2D eigenvalue weighted by Crippen LogP contribution is 2.32. The van der Waals surface area contributed by atoms with Crippen LogP contribution in [0.5, 0.6) is 0 Å². The van der Waals surface area contributed by atoms with Crippen LogP contribution in [0.25, 0.3) is 16.5 Å². The third-order valence-electron chi connectivity index (χ3n) is 5.66. The minimum Gasteiger partial charge on any atom is -0.465 e. The molecule has 0 amide bonds. The molecule has 1 fully saturated rings. The summed E-state index contributed by atoms with van der Waals surface area (Å²) >= 11 is 1.44. The van der Waals surface area contributed by atoms with Crippen molar-refractivity contribution in [1.29, 1.82) is 0 Å². The number of benzene rings is 3. The lowest BCUT2D eigenvalue weighted by Gasteiger charge is -2.15. The van der Waals surface area contributed by atoms with Crippen molar-refractivity contribution in [2.45, 2.75) is 37.1 Å². The van der Waals surface area contributed by atoms with Crippen molar-refractivity contribution in [2.24, 2.45) is 0 Å². The first-order chi connectivity index (χ1) is 15.1. The lowest BCUT2D eigenvalue weighted by atomic mass is 10.0. The van der Waals surface area contributed by atoms with Crippen LogP contribution in [0.1, 0.15) is 28.9 Å². The average Bonchev–Trinajstić information content (AvgIpc) is 3.35. The Labute approximate surface area is 185 Å². The van der Waals surface area contributed by atoms with Crippen LogP contribution in [0, 0.1) is 13.8 Å². The van der Waals surface area contributed by atoms with Gasteiger partial charge in [-0.15, -0.1) is 10.2 Å². The highest BCUT2D eigenvalue weighted by atomic mass is 32.2. The molecule has 5 rings (SSSR count). The number of fused-ring (bicyclic) bond motifs is 1. The molecular formula is C25H23N3O2S. The van der Waals surface area contributed by atoms with Gasteiger partial charge in [-0.25, -0.2) is 0 Å². The molecule has 0 N–H and O–H groups in total. The predicted molar refractivity (Wildman–Crippen MR) is 123 cm³/mol. The predicted octanol–water partition coefficient (Wildman–Crippen LogP) is 5.04. The van der Waals surface area contributed by atoms with E-state index in [1.54, 1.807) is 0 Å². The molecule has 0 saturated carbocycles. The van der Waals surface area contributed by atoms with E-state index in [0.29, 0.717) is 19.4 Å². The largest absolute Gasteiger partial charge is 0.465 e. The number of rotatable bonds is 5. The second-order valence-electron chi connectivity index (χ2n) is 7.90. The van der Waals surface area contributed by atoms with Gasteiger partial charge in [-0.2, -0.15) is 0 Å². The summed E-state index contributed by atoms with van der Waals surface area (Å²) in [6, 6.07) is 21.1. The van der Waals surface area contributed by atoms with Crippen molar-refractivity contribution in [1.82, 2.24) is 14.8 Å². The van der Waals surface area contributed by atoms with Gasteiger partial charge < -0.3 is 4.74 Å². The third-order valence-corrected chi connectivity index (χ3v) is 6.84. The zero-order valence-electron chi connectivity index (χ0n) is 17.5. The number of carbonyl (C=O) groups is 1. The summed E-state index contributed by atoms with van der Waals surface area (Å²) in [5, 5.41) is 12.0. The molecule has 156 valence electrons. The Morgan fingerprint density at radius 1 is 1.06 bits per heavy atom. The molecule has 5 nitrogen and oxygen atoms in total. The molecule has 1 aliphatic heterocycles. The molecule has 1 aliphatic rings. The molecule has 4 aromatic rings. The van der Waals surface area contributed by atoms with Crippen LogP contribution in [0.3, 0.4) is 0 Å². The fourth-order valence-corrected chi connectivity index (χ4v) is 5.15. The molecule has 0 unspecified atom stereocenters. The molecule has 3 aromatic carbocycles. The summed E-state index contributed by atoms with van der Waals surface area (Å²) < 4.78 is 7.26. The van der Waals surface area contributed by atoms with Gasteiger partial charge in [-0.1, -0.05) is 71.9 Å². The summed E-state index contributed by atoms with van der Waals surface area (Å²) in [6.07, 6.45) is 1.35. The molecule has 2 heterocycles. The van der Waals surface area contributed by atoms with E-state index in [1.807, 2.05) is 0 Å². The van der Waals surface area contributed by atoms with Gasteiger partial charge in [0.2, 0.25) is 0 Å². The van der Waals surface area contributed by atoms with Gasteiger partial charge >= 0.3 is 5.97 Å². The van der Waals surface area contributed by atoms with Gasteiger partial charge in [0, 0.05) is 12.8 Å². The van der Waals surface area contributed by atoms with E-state index in [4.69, 9.17) is 4.74 Å². The fraction of sp³-hybridized carbons (Fsp3) is 0.240. The SMILES string of the molecule is Cc1ccc(-n2c(Cc3cccc4ccccc34)nnc2S[C@H]2CCOC2=O)c(C)c1. The standard InChI is InChI=1S/C25H23N3O2S/c1-16-10-11-21(17(2)14-16)28-23(26-27-25(28)31-22-12-13-30-24(22)29)15-19-8-5-7-18-6-3-4-9-20(18)19/h3-11,14,22H,12-13,15H2,1-2H3/t22-/m0/s1. The van der Waals surface area contributed by atoms with Crippen molar-refractivity contribution in [3.8, 4) is 5.69 Å². The average molecular weight is 430 g/mol. The number of hydrogen-bond acceptors (Lipinski definition) is 5. The Balaban J connectivity index is 1.60. The Hall–Kier alpha value is -3.12. The van der Waals surface area contributed by atoms with Crippen molar-refractivity contribution < 1.29 is 9.53 Å². The number of aromatic nitrogens is 3. The minimum absolute atomic E-state index is 0.171. The van der Waals surface area contributed by atoms with Gasteiger partial charge in [0.15, 0.2) is 5.16 Å². The Morgan fingerprint density at radius 3 is 2.71 bits per heavy atom. The van der Waals surface area contributed by atoms with Crippen LogP contribution in [0.15, 0.2) is 65.8 Å². The maximum absolute atomic E-state index is 12.1. The quantitative estimate of drug-likeness (QED) is 0.416. The first-order valence-electron chi connectivity index (χ1n) is 10.4. The summed E-state index contributed by atoms with van der Waals surface area (Å²) in [7, 11) is 0. The van der Waals surface area contributed by atoms with Crippen molar-refractivity contribution in [3.63, 3.8) is 0 Å². The fourth-order valence-electron chi connectivity index (χ4n) is 4.12. The highest BCUT2D eigenvalue weighted by molar-refractivity contribution is 8.00. The number of ether oxygens (including phenoxy) is 1. The van der Waals surface area contributed by atoms with Gasteiger partial charge in [-0.3, -0.25) is 9.36 Å². The van der Waals surface area contributed by atoms with E-state index in [1.165, 1.54) is 33.7 Å². The van der Waals surface area contributed by atoms with E-state index in [0.717, 1.165) is 22.2 Å². The zero-order valence-corrected chi connectivity index (χ0v) is 18.4. The highest BCUT2D eigenvalue weighted by Gasteiger charge is 2.30. The molecule has 0 radical (unpaired) electrons. The van der Waals surface area contributed by atoms with Crippen molar-refractivity contribution >= 4 is 28.5 Å². The minimum atomic E-state index is -0.237. The maximum Gasteiger partial charge on any atom is 0.319 e. The second kappa shape index (κ2) is 8.19. The van der Waals surface area contributed by atoms with E-state index in [-0.39, 0.29) is 11.2 Å². The molecule has 0 bridgehead atoms. The number of carbonyl (C=O) groups excluding carboxylic acids is 1. The molecule has 6 heteroatoms.